The van der Waals surface area contributed by atoms with Crippen LogP contribution in [0.2, 0.25) is 0 Å². The number of carbonyl (C=O) groups is 1. The van der Waals surface area contributed by atoms with Crippen molar-refractivity contribution in [2.45, 2.75) is 0 Å². The molecule has 1 rings (SSSR count). The van der Waals surface area contributed by atoms with Gasteiger partial charge in [-0.2, -0.15) is 5.10 Å². The second-order valence-electron chi connectivity index (χ2n) is 2.96. The minimum Gasteiger partial charge on any atom is -0.477 e. The lowest BCUT2D eigenvalue weighted by atomic mass is 10.4. The fraction of sp³-hybridized carbons (Fsp3) is 0.111. The Morgan fingerprint density at radius 1 is 1.47 bits per heavy atom. The molecule has 0 radical (unpaired) electrons. The van der Waals surface area contributed by atoms with Crippen LogP contribution in [0.4, 0.5) is 0 Å². The standard InChI is InChI=1S/C9H11N2O3P/c1-15(14,11-10-7-9(12)13)8-5-3-2-4-6-8/h2-7H,1H3,(H,11,14)(H,12,13). The zero-order valence-corrected chi connectivity index (χ0v) is 9.02. The Bertz CT molecular complexity index is 417. The van der Waals surface area contributed by atoms with Gasteiger partial charge in [-0.1, -0.05) is 18.2 Å². The van der Waals surface area contributed by atoms with Crippen LogP contribution in [0.25, 0.3) is 0 Å². The van der Waals surface area contributed by atoms with E-state index in [9.17, 15) is 9.36 Å². The van der Waals surface area contributed by atoms with Crippen LogP contribution >= 0.6 is 7.29 Å². The van der Waals surface area contributed by atoms with Crippen molar-refractivity contribution < 1.29 is 14.5 Å². The van der Waals surface area contributed by atoms with Crippen LogP contribution in [0.15, 0.2) is 35.4 Å². The summed E-state index contributed by atoms with van der Waals surface area (Å²) in [4.78, 5) is 10.1. The van der Waals surface area contributed by atoms with Gasteiger partial charge >= 0.3 is 5.97 Å². The van der Waals surface area contributed by atoms with Crippen molar-refractivity contribution >= 4 is 24.8 Å². The molecule has 0 aliphatic carbocycles. The molecule has 6 heteroatoms. The molecule has 0 saturated heterocycles. The minimum absolute atomic E-state index is 0.604. The van der Waals surface area contributed by atoms with Crippen LogP contribution in [-0.4, -0.2) is 24.0 Å². The van der Waals surface area contributed by atoms with Gasteiger partial charge in [-0.15, -0.1) is 0 Å². The summed E-state index contributed by atoms with van der Waals surface area (Å²) in [5, 5.41) is 14.6. The summed E-state index contributed by atoms with van der Waals surface area (Å²) >= 11 is 0. The molecule has 0 aromatic heterocycles. The molecule has 1 unspecified atom stereocenters. The molecule has 0 fully saturated rings. The van der Waals surface area contributed by atoms with Gasteiger partial charge in [0.1, 0.15) is 6.21 Å². The van der Waals surface area contributed by atoms with E-state index in [0.717, 1.165) is 0 Å². The fourth-order valence-corrected chi connectivity index (χ4v) is 2.10. The first-order valence-corrected chi connectivity index (χ1v) is 6.34. The van der Waals surface area contributed by atoms with E-state index in [1.54, 1.807) is 24.3 Å². The lowest BCUT2D eigenvalue weighted by Crippen LogP contribution is -2.14. The third-order valence-electron chi connectivity index (χ3n) is 1.67. The zero-order valence-electron chi connectivity index (χ0n) is 8.12. The highest BCUT2D eigenvalue weighted by Gasteiger charge is 2.15. The number of hydrogen-bond acceptors (Lipinski definition) is 3. The topological polar surface area (TPSA) is 78.8 Å². The van der Waals surface area contributed by atoms with Gasteiger partial charge in [0.25, 0.3) is 0 Å². The zero-order chi connectivity index (χ0) is 11.3. The maximum Gasteiger partial charge on any atom is 0.348 e. The van der Waals surface area contributed by atoms with Crippen molar-refractivity contribution in [1.82, 2.24) is 5.20 Å². The predicted octanol–water partition coefficient (Wildman–Crippen LogP) is 0.880. The Labute approximate surface area is 87.2 Å². The number of carboxylic acids is 1. The number of rotatable bonds is 4. The summed E-state index contributed by atoms with van der Waals surface area (Å²) in [5.74, 6) is -1.18. The first-order chi connectivity index (χ1) is 7.02. The molecule has 15 heavy (non-hydrogen) atoms. The number of hydrogen-bond donors (Lipinski definition) is 2. The maximum absolute atomic E-state index is 12.0. The molecule has 1 aromatic carbocycles. The summed E-state index contributed by atoms with van der Waals surface area (Å²) in [5.41, 5.74) is 0. The molecule has 1 aromatic rings. The Balaban J connectivity index is 2.77. The Morgan fingerprint density at radius 3 is 2.60 bits per heavy atom. The average Bonchev–Trinajstić information content (AvgIpc) is 2.18. The summed E-state index contributed by atoms with van der Waals surface area (Å²) in [6.07, 6.45) is 0.666. The van der Waals surface area contributed by atoms with Gasteiger partial charge in [0, 0.05) is 12.0 Å². The molecular formula is C9H11N2O3P. The fourth-order valence-electron chi connectivity index (χ4n) is 0.964. The van der Waals surface area contributed by atoms with Crippen LogP contribution in [0.1, 0.15) is 0 Å². The summed E-state index contributed by atoms with van der Waals surface area (Å²) in [6, 6.07) is 8.72. The summed E-state index contributed by atoms with van der Waals surface area (Å²) < 4.78 is 12.0. The molecule has 0 aliphatic rings. The van der Waals surface area contributed by atoms with E-state index in [1.165, 1.54) is 6.66 Å². The van der Waals surface area contributed by atoms with E-state index in [-0.39, 0.29) is 0 Å². The van der Waals surface area contributed by atoms with E-state index in [0.29, 0.717) is 11.5 Å². The lowest BCUT2D eigenvalue weighted by molar-refractivity contribution is -0.128. The number of aliphatic carboxylic acids is 1. The van der Waals surface area contributed by atoms with Crippen molar-refractivity contribution in [3.8, 4) is 0 Å². The molecule has 0 spiro atoms. The van der Waals surface area contributed by atoms with Gasteiger partial charge in [-0.3, -0.25) is 9.76 Å². The van der Waals surface area contributed by atoms with E-state index < -0.39 is 13.3 Å². The summed E-state index contributed by atoms with van der Waals surface area (Å²) in [6.45, 7) is 1.49. The maximum atomic E-state index is 12.0. The number of nitrogens with one attached hydrogen (secondary N) is 1. The molecular weight excluding hydrogens is 215 g/mol. The largest absolute Gasteiger partial charge is 0.477 e. The van der Waals surface area contributed by atoms with Gasteiger partial charge in [-0.25, -0.2) is 4.79 Å². The first-order valence-electron chi connectivity index (χ1n) is 4.19. The van der Waals surface area contributed by atoms with Crippen molar-refractivity contribution in [2.75, 3.05) is 6.66 Å². The highest BCUT2D eigenvalue weighted by Crippen LogP contribution is 2.34. The van der Waals surface area contributed by atoms with Crippen molar-refractivity contribution in [1.29, 1.82) is 0 Å². The molecule has 5 nitrogen and oxygen atoms in total. The number of nitrogens with zero attached hydrogens (tertiary/aromatic N) is 1. The smallest absolute Gasteiger partial charge is 0.348 e. The van der Waals surface area contributed by atoms with Crippen molar-refractivity contribution in [2.24, 2.45) is 5.10 Å². The van der Waals surface area contributed by atoms with Crippen LogP contribution in [0.3, 0.4) is 0 Å². The second kappa shape index (κ2) is 4.75. The molecule has 0 bridgehead atoms. The van der Waals surface area contributed by atoms with Crippen LogP contribution in [0.5, 0.6) is 0 Å². The molecule has 0 aliphatic heterocycles. The highest BCUT2D eigenvalue weighted by atomic mass is 31.2. The molecule has 0 amide bonds. The lowest BCUT2D eigenvalue weighted by Gasteiger charge is -2.11. The first kappa shape index (κ1) is 11.5. The van der Waals surface area contributed by atoms with Gasteiger partial charge < -0.3 is 5.11 Å². The van der Waals surface area contributed by atoms with E-state index in [2.05, 4.69) is 10.3 Å². The van der Waals surface area contributed by atoms with Crippen LogP contribution in [0, 0.1) is 0 Å². The number of hydrazone groups is 1. The third kappa shape index (κ3) is 3.56. The van der Waals surface area contributed by atoms with Gasteiger partial charge in [0.15, 0.2) is 0 Å². The highest BCUT2D eigenvalue weighted by molar-refractivity contribution is 7.68. The number of benzene rings is 1. The van der Waals surface area contributed by atoms with Gasteiger partial charge in [-0.05, 0) is 12.1 Å². The summed E-state index contributed by atoms with van der Waals surface area (Å²) in [7, 11) is -2.81. The Hall–Kier alpha value is -1.61. The molecule has 0 heterocycles. The second-order valence-corrected chi connectivity index (χ2v) is 5.52. The Kier molecular flexibility index (Phi) is 3.63. The quantitative estimate of drug-likeness (QED) is 0.453. The van der Waals surface area contributed by atoms with Gasteiger partial charge in [0.2, 0.25) is 7.29 Å². The monoisotopic (exact) mass is 226 g/mol. The van der Waals surface area contributed by atoms with Crippen molar-refractivity contribution in [3.05, 3.63) is 30.3 Å². The van der Waals surface area contributed by atoms with Crippen LogP contribution in [-0.2, 0) is 9.36 Å². The van der Waals surface area contributed by atoms with Crippen LogP contribution < -0.4 is 10.5 Å². The minimum atomic E-state index is -2.81. The SMILES string of the molecule is CP(=O)(NN=CC(=O)O)c1ccccc1. The Morgan fingerprint density at radius 2 is 2.07 bits per heavy atom. The van der Waals surface area contributed by atoms with Crippen molar-refractivity contribution in [3.63, 3.8) is 0 Å². The van der Waals surface area contributed by atoms with E-state index in [1.807, 2.05) is 6.07 Å². The molecule has 80 valence electrons. The van der Waals surface area contributed by atoms with E-state index >= 15 is 0 Å². The normalized spacial score (nSPS) is 14.7. The molecule has 1 atom stereocenters. The number of carboxylic acid groups (broad SMARTS) is 1. The average molecular weight is 226 g/mol. The predicted molar refractivity (Wildman–Crippen MR) is 58.9 cm³/mol. The molecule has 2 N–H and O–H groups in total. The van der Waals surface area contributed by atoms with Gasteiger partial charge in [0.05, 0.1) is 0 Å². The van der Waals surface area contributed by atoms with E-state index in [4.69, 9.17) is 5.11 Å². The third-order valence-corrected chi connectivity index (χ3v) is 3.45. The molecule has 0 saturated carbocycles.